The van der Waals surface area contributed by atoms with Gasteiger partial charge in [-0.2, -0.15) is 0 Å². The van der Waals surface area contributed by atoms with Gasteiger partial charge in [0, 0.05) is 18.8 Å². The predicted octanol–water partition coefficient (Wildman–Crippen LogP) is 1.47. The third-order valence-corrected chi connectivity index (χ3v) is 4.83. The number of piperidine rings is 1. The molecule has 2 fully saturated rings. The highest BCUT2D eigenvalue weighted by Crippen LogP contribution is 2.28. The van der Waals surface area contributed by atoms with Crippen LogP contribution in [0.1, 0.15) is 31.6 Å². The van der Waals surface area contributed by atoms with E-state index in [0.29, 0.717) is 6.04 Å². The molecule has 1 N–H and O–H groups in total. The minimum absolute atomic E-state index is 0.240. The Labute approximate surface area is 119 Å². The Kier molecular flexibility index (Phi) is 2.97. The van der Waals surface area contributed by atoms with Crippen molar-refractivity contribution in [2.24, 2.45) is 5.92 Å². The van der Waals surface area contributed by atoms with Gasteiger partial charge in [0.25, 0.3) is 0 Å². The number of hydrogen-bond donors (Lipinski definition) is 1. The van der Waals surface area contributed by atoms with Gasteiger partial charge in [-0.3, -0.25) is 4.40 Å². The summed E-state index contributed by atoms with van der Waals surface area (Å²) in [6.07, 6.45) is 4.64. The average Bonchev–Trinajstić information content (AvgIpc) is 3.07. The molecule has 2 aliphatic rings. The molecule has 0 spiro atoms. The van der Waals surface area contributed by atoms with Crippen LogP contribution in [0, 0.1) is 5.92 Å². The standard InChI is InChI=1S/C15H21N5/c1-11(15-18-17-14-4-2-3-7-20(14)15)16-13-6-9-19-8-5-12(13)10-19/h2-4,7,11-13,16H,5-6,8-10H2,1H3. The predicted molar refractivity (Wildman–Crippen MR) is 77.5 cm³/mol. The molecule has 0 radical (unpaired) electrons. The Morgan fingerprint density at radius 3 is 3.10 bits per heavy atom. The fraction of sp³-hybridized carbons (Fsp3) is 0.600. The van der Waals surface area contributed by atoms with Crippen LogP contribution in [-0.2, 0) is 0 Å². The van der Waals surface area contributed by atoms with Gasteiger partial charge < -0.3 is 10.2 Å². The Morgan fingerprint density at radius 1 is 1.25 bits per heavy atom. The number of fused-ring (bicyclic) bond motifs is 3. The number of pyridine rings is 1. The summed E-state index contributed by atoms with van der Waals surface area (Å²) >= 11 is 0. The van der Waals surface area contributed by atoms with Crippen molar-refractivity contribution in [3.8, 4) is 0 Å². The summed E-state index contributed by atoms with van der Waals surface area (Å²) < 4.78 is 2.08. The van der Waals surface area contributed by atoms with Crippen molar-refractivity contribution < 1.29 is 0 Å². The Hall–Kier alpha value is -1.46. The molecular weight excluding hydrogens is 250 g/mol. The quantitative estimate of drug-likeness (QED) is 0.918. The Morgan fingerprint density at radius 2 is 2.15 bits per heavy atom. The highest BCUT2D eigenvalue weighted by Gasteiger charge is 2.35. The number of nitrogens with one attached hydrogen (secondary N) is 1. The molecule has 0 aromatic carbocycles. The zero-order valence-electron chi connectivity index (χ0n) is 11.9. The highest BCUT2D eigenvalue weighted by molar-refractivity contribution is 5.37. The fourth-order valence-corrected chi connectivity index (χ4v) is 3.72. The van der Waals surface area contributed by atoms with E-state index in [1.165, 1.54) is 32.5 Å². The maximum Gasteiger partial charge on any atom is 0.160 e. The molecular formula is C15H21N5. The van der Waals surface area contributed by atoms with Crippen molar-refractivity contribution in [2.75, 3.05) is 19.6 Å². The van der Waals surface area contributed by atoms with Crippen molar-refractivity contribution in [1.29, 1.82) is 0 Å². The third kappa shape index (κ3) is 2.01. The average molecular weight is 271 g/mol. The van der Waals surface area contributed by atoms with Crippen molar-refractivity contribution in [2.45, 2.75) is 31.8 Å². The summed E-state index contributed by atoms with van der Waals surface area (Å²) in [5.41, 5.74) is 0.923. The first-order chi connectivity index (χ1) is 9.81. The van der Waals surface area contributed by atoms with Crippen LogP contribution in [0.15, 0.2) is 24.4 Å². The first-order valence-electron chi connectivity index (χ1n) is 7.59. The van der Waals surface area contributed by atoms with Gasteiger partial charge in [-0.15, -0.1) is 10.2 Å². The van der Waals surface area contributed by atoms with E-state index in [1.54, 1.807) is 0 Å². The number of nitrogens with zero attached hydrogens (tertiary/aromatic N) is 4. The zero-order valence-corrected chi connectivity index (χ0v) is 11.9. The lowest BCUT2D eigenvalue weighted by atomic mass is 9.93. The lowest BCUT2D eigenvalue weighted by Gasteiger charge is -2.32. The van der Waals surface area contributed by atoms with Crippen LogP contribution < -0.4 is 5.32 Å². The van der Waals surface area contributed by atoms with Crippen LogP contribution in [0.25, 0.3) is 5.65 Å². The van der Waals surface area contributed by atoms with E-state index in [2.05, 4.69) is 31.7 Å². The zero-order chi connectivity index (χ0) is 13.5. The second-order valence-corrected chi connectivity index (χ2v) is 6.12. The van der Waals surface area contributed by atoms with Gasteiger partial charge in [-0.25, -0.2) is 0 Å². The molecule has 106 valence electrons. The van der Waals surface area contributed by atoms with Gasteiger partial charge in [0.1, 0.15) is 0 Å². The number of rotatable bonds is 3. The number of hydrogen-bond acceptors (Lipinski definition) is 4. The van der Waals surface area contributed by atoms with Crippen LogP contribution in [0.3, 0.4) is 0 Å². The SMILES string of the molecule is CC(NC1CCN2CCC1C2)c1nnc2ccccn12. The monoisotopic (exact) mass is 271 g/mol. The Bertz CT molecular complexity index is 607. The van der Waals surface area contributed by atoms with Gasteiger partial charge >= 0.3 is 0 Å². The van der Waals surface area contributed by atoms with E-state index in [0.717, 1.165) is 17.4 Å². The van der Waals surface area contributed by atoms with Gasteiger partial charge in [0.2, 0.25) is 0 Å². The van der Waals surface area contributed by atoms with E-state index < -0.39 is 0 Å². The molecule has 5 heteroatoms. The molecule has 0 aliphatic carbocycles. The maximum atomic E-state index is 4.36. The van der Waals surface area contributed by atoms with Gasteiger partial charge in [-0.1, -0.05) is 6.07 Å². The van der Waals surface area contributed by atoms with Crippen LogP contribution >= 0.6 is 0 Å². The first-order valence-corrected chi connectivity index (χ1v) is 7.59. The lowest BCUT2D eigenvalue weighted by molar-refractivity contribution is 0.210. The second-order valence-electron chi connectivity index (χ2n) is 6.12. The largest absolute Gasteiger partial charge is 0.304 e. The molecule has 4 atom stereocenters. The van der Waals surface area contributed by atoms with Crippen molar-refractivity contribution in [1.82, 2.24) is 24.8 Å². The van der Waals surface area contributed by atoms with E-state index in [9.17, 15) is 0 Å². The minimum Gasteiger partial charge on any atom is -0.304 e. The first kappa shape index (κ1) is 12.3. The van der Waals surface area contributed by atoms with Crippen molar-refractivity contribution in [3.05, 3.63) is 30.2 Å². The third-order valence-electron chi connectivity index (χ3n) is 4.83. The van der Waals surface area contributed by atoms with E-state index in [4.69, 9.17) is 0 Å². The smallest absolute Gasteiger partial charge is 0.160 e. The van der Waals surface area contributed by atoms with Gasteiger partial charge in [-0.05, 0) is 50.9 Å². The van der Waals surface area contributed by atoms with Crippen molar-refractivity contribution >= 4 is 5.65 Å². The summed E-state index contributed by atoms with van der Waals surface area (Å²) in [7, 11) is 0. The van der Waals surface area contributed by atoms with Crippen LogP contribution in [0.5, 0.6) is 0 Å². The molecule has 0 amide bonds. The molecule has 0 saturated carbocycles. The number of aromatic nitrogens is 3. The molecule has 2 saturated heterocycles. The normalized spacial score (nSPS) is 30.8. The summed E-state index contributed by atoms with van der Waals surface area (Å²) in [5.74, 6) is 1.83. The van der Waals surface area contributed by atoms with E-state index in [-0.39, 0.29) is 6.04 Å². The van der Waals surface area contributed by atoms with E-state index in [1.807, 2.05) is 24.4 Å². The highest BCUT2D eigenvalue weighted by atomic mass is 15.3. The second kappa shape index (κ2) is 4.82. The molecule has 2 aromatic rings. The van der Waals surface area contributed by atoms with Crippen LogP contribution in [0.4, 0.5) is 0 Å². The summed E-state index contributed by atoms with van der Waals surface area (Å²) in [4.78, 5) is 2.58. The summed E-state index contributed by atoms with van der Waals surface area (Å²) in [5, 5.41) is 12.4. The topological polar surface area (TPSA) is 45.5 Å². The summed E-state index contributed by atoms with van der Waals surface area (Å²) in [6, 6.07) is 6.89. The molecule has 2 aromatic heterocycles. The fourth-order valence-electron chi connectivity index (χ4n) is 3.72. The van der Waals surface area contributed by atoms with Crippen molar-refractivity contribution in [3.63, 3.8) is 0 Å². The van der Waals surface area contributed by atoms with Gasteiger partial charge in [0.15, 0.2) is 11.5 Å². The lowest BCUT2D eigenvalue weighted by Crippen LogP contribution is -2.44. The molecule has 2 bridgehead atoms. The summed E-state index contributed by atoms with van der Waals surface area (Å²) in [6.45, 7) is 5.99. The van der Waals surface area contributed by atoms with Crippen LogP contribution in [-0.4, -0.2) is 45.2 Å². The molecule has 4 heterocycles. The molecule has 4 unspecified atom stereocenters. The van der Waals surface area contributed by atoms with Crippen LogP contribution in [0.2, 0.25) is 0 Å². The Balaban J connectivity index is 1.53. The molecule has 5 nitrogen and oxygen atoms in total. The molecule has 4 rings (SSSR count). The van der Waals surface area contributed by atoms with Gasteiger partial charge in [0.05, 0.1) is 6.04 Å². The maximum absolute atomic E-state index is 4.36. The molecule has 2 aliphatic heterocycles. The van der Waals surface area contributed by atoms with E-state index >= 15 is 0 Å². The molecule has 20 heavy (non-hydrogen) atoms. The minimum atomic E-state index is 0.240.